The van der Waals surface area contributed by atoms with Crippen LogP contribution in [0.25, 0.3) is 0 Å². The van der Waals surface area contributed by atoms with Crippen molar-refractivity contribution in [3.05, 3.63) is 59.3 Å². The molecule has 0 spiro atoms. The molecule has 1 aliphatic heterocycles. The zero-order valence-corrected chi connectivity index (χ0v) is 14.3. The third kappa shape index (κ3) is 4.55. The minimum atomic E-state index is -4.35. The summed E-state index contributed by atoms with van der Waals surface area (Å²) in [6.45, 7) is 2.25. The second-order valence-corrected chi connectivity index (χ2v) is 6.41. The first-order valence-electron chi connectivity index (χ1n) is 8.53. The number of halogens is 3. The van der Waals surface area contributed by atoms with Crippen molar-refractivity contribution < 1.29 is 13.2 Å². The zero-order chi connectivity index (χ0) is 18.6. The molecular weight excluding hydrogens is 339 g/mol. The summed E-state index contributed by atoms with van der Waals surface area (Å²) in [5.41, 5.74) is 1.28. The predicted octanol–water partition coefficient (Wildman–Crippen LogP) is 3.84. The topological polar surface area (TPSA) is 28.2 Å². The maximum atomic E-state index is 12.7. The van der Waals surface area contributed by atoms with Crippen LogP contribution in [0.4, 0.5) is 19.0 Å². The van der Waals surface area contributed by atoms with E-state index in [0.717, 1.165) is 55.9 Å². The summed E-state index contributed by atoms with van der Waals surface area (Å²) in [5.74, 6) is 3.18. The molecule has 0 aliphatic carbocycles. The molecule has 0 radical (unpaired) electrons. The lowest BCUT2D eigenvalue weighted by Gasteiger charge is -2.34. The van der Waals surface area contributed by atoms with Crippen LogP contribution in [0.5, 0.6) is 0 Å². The Morgan fingerprint density at radius 3 is 2.58 bits per heavy atom. The van der Waals surface area contributed by atoms with Crippen molar-refractivity contribution in [2.24, 2.45) is 0 Å². The lowest BCUT2D eigenvalue weighted by molar-refractivity contribution is -0.137. The number of terminal acetylenes is 1. The molecule has 0 saturated carbocycles. The first-order chi connectivity index (χ1) is 12.5. The third-order valence-corrected chi connectivity index (χ3v) is 4.54. The van der Waals surface area contributed by atoms with E-state index in [4.69, 9.17) is 6.42 Å². The van der Waals surface area contributed by atoms with Crippen LogP contribution in [-0.2, 0) is 12.7 Å². The molecule has 6 heteroatoms. The van der Waals surface area contributed by atoms with E-state index in [-0.39, 0.29) is 6.04 Å². The van der Waals surface area contributed by atoms with Crippen LogP contribution < -0.4 is 10.2 Å². The van der Waals surface area contributed by atoms with Crippen LogP contribution in [0.1, 0.15) is 29.5 Å². The highest BCUT2D eigenvalue weighted by Crippen LogP contribution is 2.29. The monoisotopic (exact) mass is 359 g/mol. The average Bonchev–Trinajstić information content (AvgIpc) is 2.66. The molecule has 1 aromatic heterocycles. The minimum absolute atomic E-state index is 0.264. The van der Waals surface area contributed by atoms with Crippen molar-refractivity contribution in [2.75, 3.05) is 18.0 Å². The van der Waals surface area contributed by atoms with Gasteiger partial charge in [0.25, 0.3) is 0 Å². The highest BCUT2D eigenvalue weighted by Gasteiger charge is 2.31. The van der Waals surface area contributed by atoms with E-state index in [0.29, 0.717) is 5.82 Å². The van der Waals surface area contributed by atoms with Gasteiger partial charge in [0.2, 0.25) is 0 Å². The highest BCUT2D eigenvalue weighted by molar-refractivity contribution is 5.40. The summed E-state index contributed by atoms with van der Waals surface area (Å²) in [4.78, 5) is 6.03. The molecule has 3 nitrogen and oxygen atoms in total. The van der Waals surface area contributed by atoms with Gasteiger partial charge >= 0.3 is 6.18 Å². The van der Waals surface area contributed by atoms with Gasteiger partial charge in [0.1, 0.15) is 5.82 Å². The molecule has 1 atom stereocenters. The van der Waals surface area contributed by atoms with Crippen LogP contribution in [0.2, 0.25) is 0 Å². The molecule has 1 fully saturated rings. The second-order valence-electron chi connectivity index (χ2n) is 6.41. The minimum Gasteiger partial charge on any atom is -0.355 e. The average molecular weight is 359 g/mol. The molecule has 1 unspecified atom stereocenters. The normalized spacial score (nSPS) is 17.8. The molecule has 1 aromatic carbocycles. The van der Waals surface area contributed by atoms with Gasteiger partial charge in [0, 0.05) is 37.4 Å². The maximum Gasteiger partial charge on any atom is 0.417 e. The van der Waals surface area contributed by atoms with Crippen molar-refractivity contribution in [3.8, 4) is 12.3 Å². The van der Waals surface area contributed by atoms with Crippen LogP contribution in [0, 0.1) is 12.3 Å². The lowest BCUT2D eigenvalue weighted by atomic mass is 10.0. The Morgan fingerprint density at radius 1 is 1.19 bits per heavy atom. The molecule has 3 rings (SSSR count). The van der Waals surface area contributed by atoms with Crippen LogP contribution in [0.3, 0.4) is 0 Å². The molecule has 1 N–H and O–H groups in total. The largest absolute Gasteiger partial charge is 0.417 e. The van der Waals surface area contributed by atoms with E-state index < -0.39 is 11.7 Å². The lowest BCUT2D eigenvalue weighted by Crippen LogP contribution is -2.45. The van der Waals surface area contributed by atoms with Crippen molar-refractivity contribution >= 4 is 5.82 Å². The number of aromatic nitrogens is 1. The molecule has 0 bridgehead atoms. The van der Waals surface area contributed by atoms with Gasteiger partial charge in [-0.15, -0.1) is 6.42 Å². The van der Waals surface area contributed by atoms with E-state index in [2.05, 4.69) is 16.2 Å². The molecule has 0 amide bonds. The Labute approximate surface area is 151 Å². The first-order valence-corrected chi connectivity index (χ1v) is 8.53. The Kier molecular flexibility index (Phi) is 5.48. The standard InChI is InChI=1S/C20H20F3N3/c1-2-15-5-7-16(8-6-15)12-24-18-4-3-11-26(14-18)19-10-9-17(13-25-19)20(21,22)23/h1,5-10,13,18,24H,3-4,11-12,14H2. The summed E-state index contributed by atoms with van der Waals surface area (Å²) in [5, 5.41) is 3.51. The van der Waals surface area contributed by atoms with Crippen molar-refractivity contribution in [1.82, 2.24) is 10.3 Å². The quantitative estimate of drug-likeness (QED) is 0.841. The van der Waals surface area contributed by atoms with Crippen LogP contribution >= 0.6 is 0 Å². The number of hydrogen-bond donors (Lipinski definition) is 1. The van der Waals surface area contributed by atoms with Gasteiger partial charge in [-0.3, -0.25) is 0 Å². The first kappa shape index (κ1) is 18.3. The molecule has 136 valence electrons. The number of alkyl halides is 3. The van der Waals surface area contributed by atoms with E-state index in [9.17, 15) is 13.2 Å². The smallest absolute Gasteiger partial charge is 0.355 e. The Balaban J connectivity index is 1.57. The summed E-state index contributed by atoms with van der Waals surface area (Å²) in [7, 11) is 0. The molecular formula is C20H20F3N3. The summed E-state index contributed by atoms with van der Waals surface area (Å²) in [6, 6.07) is 10.6. The molecule has 1 aliphatic rings. The second kappa shape index (κ2) is 7.79. The van der Waals surface area contributed by atoms with Gasteiger partial charge in [-0.1, -0.05) is 18.1 Å². The van der Waals surface area contributed by atoms with Crippen LogP contribution in [0.15, 0.2) is 42.6 Å². The SMILES string of the molecule is C#Cc1ccc(CNC2CCCN(c3ccc(C(F)(F)F)cn3)C2)cc1. The summed E-state index contributed by atoms with van der Waals surface area (Å²) >= 11 is 0. The fraction of sp³-hybridized carbons (Fsp3) is 0.350. The van der Waals surface area contributed by atoms with Gasteiger partial charge in [0.05, 0.1) is 5.56 Å². The Hall–Kier alpha value is -2.52. The van der Waals surface area contributed by atoms with E-state index in [1.165, 1.54) is 6.07 Å². The molecule has 2 aromatic rings. The predicted molar refractivity (Wildman–Crippen MR) is 95.7 cm³/mol. The fourth-order valence-corrected chi connectivity index (χ4v) is 3.07. The van der Waals surface area contributed by atoms with Gasteiger partial charge in [-0.25, -0.2) is 4.98 Å². The van der Waals surface area contributed by atoms with Gasteiger partial charge < -0.3 is 10.2 Å². The number of anilines is 1. The number of nitrogens with zero attached hydrogens (tertiary/aromatic N) is 2. The third-order valence-electron chi connectivity index (χ3n) is 4.54. The molecule has 2 heterocycles. The Morgan fingerprint density at radius 2 is 1.96 bits per heavy atom. The van der Waals surface area contributed by atoms with Gasteiger partial charge in [0.15, 0.2) is 0 Å². The van der Waals surface area contributed by atoms with Gasteiger partial charge in [-0.2, -0.15) is 13.2 Å². The van der Waals surface area contributed by atoms with E-state index in [1.807, 2.05) is 29.2 Å². The summed E-state index contributed by atoms with van der Waals surface area (Å²) in [6.07, 6.45) is 3.90. The van der Waals surface area contributed by atoms with Crippen LogP contribution in [-0.4, -0.2) is 24.1 Å². The number of piperidine rings is 1. The number of benzene rings is 1. The van der Waals surface area contributed by atoms with Crippen molar-refractivity contribution in [3.63, 3.8) is 0 Å². The summed E-state index contributed by atoms with van der Waals surface area (Å²) < 4.78 is 38.0. The molecule has 1 saturated heterocycles. The van der Waals surface area contributed by atoms with Crippen molar-refractivity contribution in [1.29, 1.82) is 0 Å². The number of hydrogen-bond acceptors (Lipinski definition) is 3. The van der Waals surface area contributed by atoms with E-state index in [1.54, 1.807) is 0 Å². The Bertz CT molecular complexity index is 761. The highest BCUT2D eigenvalue weighted by atomic mass is 19.4. The van der Waals surface area contributed by atoms with Crippen molar-refractivity contribution in [2.45, 2.75) is 31.6 Å². The van der Waals surface area contributed by atoms with E-state index >= 15 is 0 Å². The number of pyridine rings is 1. The zero-order valence-electron chi connectivity index (χ0n) is 14.3. The fourth-order valence-electron chi connectivity index (χ4n) is 3.07. The number of rotatable bonds is 4. The number of nitrogens with one attached hydrogen (secondary N) is 1. The molecule has 26 heavy (non-hydrogen) atoms. The van der Waals surface area contributed by atoms with Gasteiger partial charge in [-0.05, 0) is 42.7 Å². The maximum absolute atomic E-state index is 12.7.